The van der Waals surface area contributed by atoms with Crippen LogP contribution in [0.4, 0.5) is 0 Å². The lowest BCUT2D eigenvalue weighted by Crippen LogP contribution is -2.21. The molecule has 9 heteroatoms. The maximum Gasteiger partial charge on any atom is 0.268 e. The molecule has 1 amide bonds. The first kappa shape index (κ1) is 25.7. The molecule has 3 rings (SSSR count). The number of amides is 1. The van der Waals surface area contributed by atoms with Crippen molar-refractivity contribution in [3.05, 3.63) is 66.8 Å². The van der Waals surface area contributed by atoms with E-state index in [0.29, 0.717) is 21.9 Å². The smallest absolute Gasteiger partial charge is 0.268 e. The van der Waals surface area contributed by atoms with E-state index in [4.69, 9.17) is 4.42 Å². The number of hydrogen-bond donors (Lipinski definition) is 2. The second kappa shape index (κ2) is 13.1. The third-order valence-corrected chi connectivity index (χ3v) is 3.95. The Hall–Kier alpha value is -3.30. The fraction of sp³-hybridized carbons (Fsp3) is 0.227. The second-order valence-electron chi connectivity index (χ2n) is 5.77. The van der Waals surface area contributed by atoms with Crippen LogP contribution in [0.25, 0.3) is 27.7 Å². The normalized spacial score (nSPS) is 10.2. The van der Waals surface area contributed by atoms with E-state index in [-0.39, 0.29) is 17.7 Å². The Morgan fingerprint density at radius 1 is 1.10 bits per heavy atom. The van der Waals surface area contributed by atoms with Crippen LogP contribution < -0.4 is 5.73 Å². The molecule has 8 nitrogen and oxygen atoms in total. The first-order valence-electron chi connectivity index (χ1n) is 9.57. The van der Waals surface area contributed by atoms with Gasteiger partial charge in [0.05, 0.1) is 23.0 Å². The topological polar surface area (TPSA) is 111 Å². The van der Waals surface area contributed by atoms with Crippen LogP contribution in [0.3, 0.4) is 0 Å². The molecule has 31 heavy (non-hydrogen) atoms. The van der Waals surface area contributed by atoms with Crippen LogP contribution >= 0.6 is 12.6 Å². The zero-order valence-corrected chi connectivity index (χ0v) is 19.3. The zero-order chi connectivity index (χ0) is 23.4. The molecule has 164 valence electrons. The van der Waals surface area contributed by atoms with Gasteiger partial charge in [-0.25, -0.2) is 4.98 Å². The lowest BCUT2D eigenvalue weighted by Gasteiger charge is -2.10. The van der Waals surface area contributed by atoms with E-state index in [1.807, 2.05) is 26.0 Å². The molecule has 0 radical (unpaired) electrons. The average Bonchev–Trinajstić information content (AvgIpc) is 3.32. The van der Waals surface area contributed by atoms with Crippen molar-refractivity contribution >= 4 is 23.4 Å². The number of benzene rings is 1. The van der Waals surface area contributed by atoms with Gasteiger partial charge in [-0.15, -0.1) is 22.8 Å². The molecule has 0 spiro atoms. The fourth-order valence-corrected chi connectivity index (χ4v) is 2.46. The van der Waals surface area contributed by atoms with Crippen LogP contribution in [-0.2, 0) is 0 Å². The summed E-state index contributed by atoms with van der Waals surface area (Å²) in [6.45, 7) is 7.60. The Kier molecular flexibility index (Phi) is 10.9. The van der Waals surface area contributed by atoms with Crippen molar-refractivity contribution in [3.63, 3.8) is 0 Å². The Bertz CT molecular complexity index is 1010. The van der Waals surface area contributed by atoms with Crippen LogP contribution in [-0.4, -0.2) is 52.1 Å². The predicted molar refractivity (Wildman–Crippen MR) is 127 cm³/mol. The highest BCUT2D eigenvalue weighted by Crippen LogP contribution is 2.24. The molecule has 1 aromatic carbocycles. The molecule has 0 bridgehead atoms. The van der Waals surface area contributed by atoms with Crippen LogP contribution in [0, 0.1) is 0 Å². The van der Waals surface area contributed by atoms with Gasteiger partial charge in [0.1, 0.15) is 5.69 Å². The van der Waals surface area contributed by atoms with Crippen LogP contribution in [0.15, 0.2) is 59.8 Å². The first-order chi connectivity index (χ1) is 15.0. The monoisotopic (exact) mass is 440 g/mol. The molecule has 0 aliphatic rings. The van der Waals surface area contributed by atoms with Crippen LogP contribution in [0.2, 0.25) is 0 Å². The maximum absolute atomic E-state index is 12.0. The SMILES string of the molecule is C=C/C=C(\S)c1nnc(-c2cncc(-c3ccc(C(=O)N(C)C)cc3)n2)o1.CC.CN. The van der Waals surface area contributed by atoms with Gasteiger partial charge >= 0.3 is 0 Å². The standard InChI is InChI=1S/C19H17N5O2S.C2H6.CH5N/c1-4-5-16(27)18-23-22-17(26-18)15-11-20-10-14(21-15)12-6-8-13(9-7-12)19(25)24(2)3;2*1-2/h4-11,27H,1H2,2-3H3;1-2H3;2H2,1H3/b16-5-;;. The van der Waals surface area contributed by atoms with Gasteiger partial charge in [-0.3, -0.25) is 9.78 Å². The van der Waals surface area contributed by atoms with E-state index < -0.39 is 0 Å². The molecule has 2 aromatic heterocycles. The largest absolute Gasteiger partial charge is 0.414 e. The summed E-state index contributed by atoms with van der Waals surface area (Å²) in [5.74, 6) is 0.449. The highest BCUT2D eigenvalue weighted by atomic mass is 32.1. The quantitative estimate of drug-likeness (QED) is 0.456. The van der Waals surface area contributed by atoms with E-state index in [1.165, 1.54) is 11.9 Å². The molecule has 0 aliphatic heterocycles. The van der Waals surface area contributed by atoms with Gasteiger partial charge in [0.2, 0.25) is 0 Å². The van der Waals surface area contributed by atoms with Gasteiger partial charge in [-0.05, 0) is 25.3 Å². The summed E-state index contributed by atoms with van der Waals surface area (Å²) in [4.78, 5) is 22.7. The minimum absolute atomic E-state index is 0.0603. The van der Waals surface area contributed by atoms with Crippen molar-refractivity contribution in [3.8, 4) is 22.8 Å². The van der Waals surface area contributed by atoms with Gasteiger partial charge in [0.15, 0.2) is 0 Å². The van der Waals surface area contributed by atoms with Crippen molar-refractivity contribution in [1.82, 2.24) is 25.1 Å². The summed E-state index contributed by atoms with van der Waals surface area (Å²) >= 11 is 4.27. The summed E-state index contributed by atoms with van der Waals surface area (Å²) < 4.78 is 5.58. The summed E-state index contributed by atoms with van der Waals surface area (Å²) in [5.41, 5.74) is 6.99. The Morgan fingerprint density at radius 2 is 1.71 bits per heavy atom. The number of hydrogen-bond acceptors (Lipinski definition) is 8. The molecule has 2 heterocycles. The molecule has 0 atom stereocenters. The zero-order valence-electron chi connectivity index (χ0n) is 18.4. The molecule has 3 aromatic rings. The number of thiol groups is 1. The number of rotatable bonds is 5. The van der Waals surface area contributed by atoms with Crippen molar-refractivity contribution in [2.75, 3.05) is 21.1 Å². The van der Waals surface area contributed by atoms with Crippen LogP contribution in [0.5, 0.6) is 0 Å². The van der Waals surface area contributed by atoms with Crippen LogP contribution in [0.1, 0.15) is 30.1 Å². The fourth-order valence-electron chi connectivity index (χ4n) is 2.26. The minimum atomic E-state index is -0.0603. The van der Waals surface area contributed by atoms with Crippen molar-refractivity contribution < 1.29 is 9.21 Å². The number of carbonyl (C=O) groups is 1. The summed E-state index contributed by atoms with van der Waals surface area (Å²) in [6.07, 6.45) is 6.40. The van der Waals surface area contributed by atoms with E-state index >= 15 is 0 Å². The van der Waals surface area contributed by atoms with E-state index in [0.717, 1.165) is 5.56 Å². The molecule has 0 fully saturated rings. The van der Waals surface area contributed by atoms with Gasteiger partial charge in [-0.1, -0.05) is 38.6 Å². The minimum Gasteiger partial charge on any atom is -0.414 e. The molecule has 0 unspecified atom stereocenters. The summed E-state index contributed by atoms with van der Waals surface area (Å²) in [5, 5.41) is 7.93. The molecule has 0 saturated carbocycles. The Morgan fingerprint density at radius 3 is 2.29 bits per heavy atom. The second-order valence-corrected chi connectivity index (χ2v) is 6.25. The third kappa shape index (κ3) is 6.87. The van der Waals surface area contributed by atoms with Gasteiger partial charge in [0, 0.05) is 25.2 Å². The summed E-state index contributed by atoms with van der Waals surface area (Å²) in [7, 11) is 4.93. The molecule has 0 aliphatic carbocycles. The van der Waals surface area contributed by atoms with Crippen molar-refractivity contribution in [2.45, 2.75) is 13.8 Å². The van der Waals surface area contributed by atoms with E-state index in [2.05, 4.69) is 45.1 Å². The number of allylic oxidation sites excluding steroid dienone is 2. The molecule has 0 saturated heterocycles. The molecular formula is C22H28N6O2S. The summed E-state index contributed by atoms with van der Waals surface area (Å²) in [6, 6.07) is 7.15. The predicted octanol–water partition coefficient (Wildman–Crippen LogP) is 3.95. The Labute approximate surface area is 188 Å². The first-order valence-corrected chi connectivity index (χ1v) is 10.0. The van der Waals surface area contributed by atoms with Gasteiger partial charge < -0.3 is 15.1 Å². The van der Waals surface area contributed by atoms with Gasteiger partial charge in [-0.2, -0.15) is 0 Å². The number of carbonyl (C=O) groups excluding carboxylic acids is 1. The third-order valence-electron chi connectivity index (χ3n) is 3.61. The average molecular weight is 441 g/mol. The number of aromatic nitrogens is 4. The number of nitrogens with two attached hydrogens (primary N) is 1. The number of nitrogens with zero attached hydrogens (tertiary/aromatic N) is 5. The van der Waals surface area contributed by atoms with E-state index in [9.17, 15) is 4.79 Å². The molecule has 2 N–H and O–H groups in total. The van der Waals surface area contributed by atoms with Crippen molar-refractivity contribution in [1.29, 1.82) is 0 Å². The highest BCUT2D eigenvalue weighted by Gasteiger charge is 2.13. The lowest BCUT2D eigenvalue weighted by atomic mass is 10.1. The van der Waals surface area contributed by atoms with E-state index in [1.54, 1.807) is 50.8 Å². The molecular weight excluding hydrogens is 412 g/mol. The lowest BCUT2D eigenvalue weighted by molar-refractivity contribution is 0.0827. The Balaban J connectivity index is 0.00000113. The van der Waals surface area contributed by atoms with Crippen molar-refractivity contribution in [2.24, 2.45) is 5.73 Å². The van der Waals surface area contributed by atoms with Gasteiger partial charge in [0.25, 0.3) is 17.7 Å². The maximum atomic E-state index is 12.0. The highest BCUT2D eigenvalue weighted by molar-refractivity contribution is 7.90.